The van der Waals surface area contributed by atoms with Gasteiger partial charge in [-0.05, 0) is 24.6 Å². The Hall–Kier alpha value is -2.28. The predicted octanol–water partition coefficient (Wildman–Crippen LogP) is 2.45. The van der Waals surface area contributed by atoms with Crippen molar-refractivity contribution < 1.29 is 18.3 Å². The first-order valence-electron chi connectivity index (χ1n) is 6.99. The number of nitrogens with zero attached hydrogens (tertiary/aromatic N) is 2. The van der Waals surface area contributed by atoms with Crippen LogP contribution in [0.15, 0.2) is 30.5 Å². The lowest BCUT2D eigenvalue weighted by molar-refractivity contribution is 0.102. The monoisotopic (exact) mass is 307 g/mol. The zero-order valence-corrected chi connectivity index (χ0v) is 11.8. The summed E-state index contributed by atoms with van der Waals surface area (Å²) in [6.45, 7) is 1.99. The van der Waals surface area contributed by atoms with Gasteiger partial charge in [0.2, 0.25) is 0 Å². The average molecular weight is 307 g/mol. The van der Waals surface area contributed by atoms with Crippen molar-refractivity contribution in [3.63, 3.8) is 0 Å². The largest absolute Gasteiger partial charge is 0.381 e. The van der Waals surface area contributed by atoms with Crippen LogP contribution >= 0.6 is 0 Å². The molecule has 0 aliphatic carbocycles. The second-order valence-corrected chi connectivity index (χ2v) is 5.21. The van der Waals surface area contributed by atoms with Crippen molar-refractivity contribution in [2.24, 2.45) is 5.92 Å². The number of hydrogen-bond donors (Lipinski definition) is 1. The van der Waals surface area contributed by atoms with Gasteiger partial charge < -0.3 is 10.1 Å². The molecule has 1 fully saturated rings. The Balaban J connectivity index is 1.74. The maximum Gasteiger partial charge on any atom is 0.259 e. The van der Waals surface area contributed by atoms with Crippen LogP contribution in [-0.4, -0.2) is 28.9 Å². The lowest BCUT2D eigenvalue weighted by Gasteiger charge is -2.12. The number of carbonyl (C=O) groups is 1. The summed E-state index contributed by atoms with van der Waals surface area (Å²) in [6.07, 6.45) is 2.49. The molecule has 0 bridgehead atoms. The van der Waals surface area contributed by atoms with Crippen LogP contribution in [0.4, 0.5) is 14.6 Å². The molecule has 1 saturated heterocycles. The van der Waals surface area contributed by atoms with Gasteiger partial charge in [0, 0.05) is 25.1 Å². The van der Waals surface area contributed by atoms with Crippen LogP contribution in [0.2, 0.25) is 0 Å². The number of halogens is 2. The van der Waals surface area contributed by atoms with Crippen LogP contribution in [0.1, 0.15) is 16.8 Å². The van der Waals surface area contributed by atoms with Gasteiger partial charge in [0.05, 0.1) is 18.4 Å². The van der Waals surface area contributed by atoms with Crippen molar-refractivity contribution in [3.8, 4) is 0 Å². The maximum absolute atomic E-state index is 13.6. The minimum atomic E-state index is -0.769. The van der Waals surface area contributed by atoms with E-state index in [4.69, 9.17) is 4.74 Å². The molecule has 3 rings (SSSR count). The number of benzene rings is 1. The van der Waals surface area contributed by atoms with Crippen molar-refractivity contribution in [2.75, 3.05) is 18.5 Å². The Kier molecular flexibility index (Phi) is 4.15. The van der Waals surface area contributed by atoms with Crippen molar-refractivity contribution >= 4 is 11.7 Å². The fraction of sp³-hybridized carbons (Fsp3) is 0.333. The zero-order chi connectivity index (χ0) is 15.5. The summed E-state index contributed by atoms with van der Waals surface area (Å²) in [4.78, 5) is 12.1. The van der Waals surface area contributed by atoms with E-state index in [9.17, 15) is 13.6 Å². The molecule has 1 aromatic carbocycles. The Morgan fingerprint density at radius 2 is 2.27 bits per heavy atom. The Bertz CT molecular complexity index is 681. The number of amides is 1. The summed E-state index contributed by atoms with van der Waals surface area (Å²) >= 11 is 0. The highest BCUT2D eigenvalue weighted by molar-refractivity contribution is 6.04. The topological polar surface area (TPSA) is 56.2 Å². The minimum Gasteiger partial charge on any atom is -0.381 e. The molecule has 1 aliphatic heterocycles. The molecule has 2 aromatic rings. The van der Waals surface area contributed by atoms with E-state index in [0.29, 0.717) is 24.9 Å². The minimum absolute atomic E-state index is 0.335. The molecule has 1 unspecified atom stereocenters. The maximum atomic E-state index is 13.6. The quantitative estimate of drug-likeness (QED) is 0.944. The Morgan fingerprint density at radius 1 is 1.41 bits per heavy atom. The molecule has 116 valence electrons. The lowest BCUT2D eigenvalue weighted by atomic mass is 10.1. The first-order chi connectivity index (χ1) is 10.6. The normalized spacial score (nSPS) is 17.6. The molecule has 7 heteroatoms. The molecular formula is C15H15F2N3O2. The van der Waals surface area contributed by atoms with Crippen molar-refractivity contribution in [1.29, 1.82) is 0 Å². The third-order valence-electron chi connectivity index (χ3n) is 3.59. The SMILES string of the molecule is O=C(Nc1ccnn1CC1CCOC1)c1cc(F)ccc1F. The standard InChI is InChI=1S/C15H15F2N3O2/c16-11-1-2-13(17)12(7-11)15(21)19-14-3-5-18-20(14)8-10-4-6-22-9-10/h1-3,5,7,10H,4,6,8-9H2,(H,19,21). The highest BCUT2D eigenvalue weighted by Gasteiger charge is 2.19. The molecule has 1 atom stereocenters. The molecule has 5 nitrogen and oxygen atoms in total. The average Bonchev–Trinajstić information content (AvgIpc) is 3.15. The van der Waals surface area contributed by atoms with Gasteiger partial charge in [0.25, 0.3) is 5.91 Å². The smallest absolute Gasteiger partial charge is 0.259 e. The number of rotatable bonds is 4. The first-order valence-corrected chi connectivity index (χ1v) is 6.99. The summed E-state index contributed by atoms with van der Waals surface area (Å²) in [6, 6.07) is 4.38. The third-order valence-corrected chi connectivity index (χ3v) is 3.59. The second-order valence-electron chi connectivity index (χ2n) is 5.21. The predicted molar refractivity (Wildman–Crippen MR) is 75.5 cm³/mol. The molecule has 1 aromatic heterocycles. The van der Waals surface area contributed by atoms with Gasteiger partial charge in [-0.1, -0.05) is 0 Å². The molecule has 0 radical (unpaired) electrons. The van der Waals surface area contributed by atoms with Crippen molar-refractivity contribution in [3.05, 3.63) is 47.7 Å². The summed E-state index contributed by atoms with van der Waals surface area (Å²) in [5.74, 6) is -1.36. The third kappa shape index (κ3) is 3.14. The molecule has 1 aliphatic rings. The number of ether oxygens (including phenoxy) is 1. The molecular weight excluding hydrogens is 292 g/mol. The van der Waals surface area contributed by atoms with Gasteiger partial charge in [0.15, 0.2) is 0 Å². The summed E-state index contributed by atoms with van der Waals surface area (Å²) in [7, 11) is 0. The zero-order valence-electron chi connectivity index (χ0n) is 11.8. The van der Waals surface area contributed by atoms with Crippen molar-refractivity contribution in [1.82, 2.24) is 9.78 Å². The van der Waals surface area contributed by atoms with Gasteiger partial charge in [-0.15, -0.1) is 0 Å². The first kappa shape index (κ1) is 14.6. The van der Waals surface area contributed by atoms with E-state index < -0.39 is 17.5 Å². The second kappa shape index (κ2) is 6.23. The fourth-order valence-corrected chi connectivity index (χ4v) is 2.41. The van der Waals surface area contributed by atoms with E-state index in [0.717, 1.165) is 31.2 Å². The van der Waals surface area contributed by atoms with Gasteiger partial charge in [-0.25, -0.2) is 13.5 Å². The van der Waals surface area contributed by atoms with E-state index in [1.54, 1.807) is 16.9 Å². The number of carbonyl (C=O) groups excluding carboxylic acids is 1. The summed E-state index contributed by atoms with van der Waals surface area (Å²) < 4.78 is 33.7. The fourth-order valence-electron chi connectivity index (χ4n) is 2.41. The van der Waals surface area contributed by atoms with Crippen LogP contribution in [-0.2, 0) is 11.3 Å². The number of aromatic nitrogens is 2. The molecule has 2 heterocycles. The lowest BCUT2D eigenvalue weighted by Crippen LogP contribution is -2.19. The molecule has 22 heavy (non-hydrogen) atoms. The summed E-state index contributed by atoms with van der Waals surface area (Å²) in [5, 5.41) is 6.71. The highest BCUT2D eigenvalue weighted by Crippen LogP contribution is 2.18. The van der Waals surface area contributed by atoms with E-state index >= 15 is 0 Å². The van der Waals surface area contributed by atoms with Crippen LogP contribution in [0.3, 0.4) is 0 Å². The number of nitrogens with one attached hydrogen (secondary N) is 1. The molecule has 0 spiro atoms. The van der Waals surface area contributed by atoms with E-state index in [2.05, 4.69) is 10.4 Å². The van der Waals surface area contributed by atoms with Gasteiger partial charge in [0.1, 0.15) is 17.5 Å². The van der Waals surface area contributed by atoms with E-state index in [1.165, 1.54) is 0 Å². The van der Waals surface area contributed by atoms with Crippen LogP contribution < -0.4 is 5.32 Å². The van der Waals surface area contributed by atoms with Crippen LogP contribution in [0.25, 0.3) is 0 Å². The number of hydrogen-bond acceptors (Lipinski definition) is 3. The van der Waals surface area contributed by atoms with Crippen molar-refractivity contribution in [2.45, 2.75) is 13.0 Å². The Labute approximate surface area is 125 Å². The number of anilines is 1. The highest BCUT2D eigenvalue weighted by atomic mass is 19.1. The van der Waals surface area contributed by atoms with E-state index in [1.807, 2.05) is 0 Å². The molecule has 0 saturated carbocycles. The van der Waals surface area contributed by atoms with Gasteiger partial charge >= 0.3 is 0 Å². The van der Waals surface area contributed by atoms with Crippen LogP contribution in [0, 0.1) is 17.6 Å². The van der Waals surface area contributed by atoms with Gasteiger partial charge in [-0.3, -0.25) is 4.79 Å². The van der Waals surface area contributed by atoms with Gasteiger partial charge in [-0.2, -0.15) is 5.10 Å². The molecule has 1 N–H and O–H groups in total. The Morgan fingerprint density at radius 3 is 3.05 bits per heavy atom. The molecule has 1 amide bonds. The van der Waals surface area contributed by atoms with E-state index in [-0.39, 0.29) is 5.56 Å². The summed E-state index contributed by atoms with van der Waals surface area (Å²) in [5.41, 5.74) is -0.336. The van der Waals surface area contributed by atoms with Crippen LogP contribution in [0.5, 0.6) is 0 Å².